The van der Waals surface area contributed by atoms with Gasteiger partial charge in [0.25, 0.3) is 0 Å². The molecular formula is C16H18N3O4S-. The zero-order valence-corrected chi connectivity index (χ0v) is 14.3. The normalized spacial score (nSPS) is 18.2. The molecule has 0 radical (unpaired) electrons. The highest BCUT2D eigenvalue weighted by Gasteiger charge is 2.40. The minimum Gasteiger partial charge on any atom is -0.545 e. The molecule has 7 nitrogen and oxygen atoms in total. The molecule has 1 saturated heterocycles. The zero-order valence-electron chi connectivity index (χ0n) is 13.4. The Balaban J connectivity index is 2.16. The molecule has 128 valence electrons. The van der Waals surface area contributed by atoms with Crippen molar-refractivity contribution in [3.63, 3.8) is 0 Å². The van der Waals surface area contributed by atoms with Gasteiger partial charge in [-0.3, -0.25) is 14.6 Å². The third kappa shape index (κ3) is 3.94. The molecule has 1 N–H and O–H groups in total. The maximum atomic E-state index is 12.6. The van der Waals surface area contributed by atoms with E-state index in [0.717, 1.165) is 4.90 Å². The van der Waals surface area contributed by atoms with Gasteiger partial charge in [0.05, 0.1) is 11.7 Å². The van der Waals surface area contributed by atoms with Gasteiger partial charge >= 0.3 is 0 Å². The average Bonchev–Trinajstić information content (AvgIpc) is 2.82. The largest absolute Gasteiger partial charge is 0.545 e. The van der Waals surface area contributed by atoms with Crippen LogP contribution < -0.4 is 15.3 Å². The maximum Gasteiger partial charge on any atom is 0.247 e. The molecule has 0 aliphatic carbocycles. The number of rotatable bonds is 5. The van der Waals surface area contributed by atoms with Crippen LogP contribution in [0.2, 0.25) is 0 Å². The number of nitrogens with one attached hydrogen (secondary N) is 1. The third-order valence-electron chi connectivity index (χ3n) is 3.35. The van der Waals surface area contributed by atoms with E-state index in [0.29, 0.717) is 23.9 Å². The van der Waals surface area contributed by atoms with Crippen molar-refractivity contribution in [1.29, 1.82) is 0 Å². The van der Waals surface area contributed by atoms with Crippen molar-refractivity contribution in [3.05, 3.63) is 29.8 Å². The Morgan fingerprint density at radius 2 is 2.00 bits per heavy atom. The summed E-state index contributed by atoms with van der Waals surface area (Å²) in [6.07, 6.45) is 0.0832. The van der Waals surface area contributed by atoms with E-state index < -0.39 is 11.2 Å². The highest BCUT2D eigenvalue weighted by Crippen LogP contribution is 2.30. The topological polar surface area (TPSA) is 102 Å². The molecule has 0 aromatic heterocycles. The number of carbonyl (C=O) groups excluding carboxylic acids is 3. The van der Waals surface area contributed by atoms with E-state index in [1.54, 1.807) is 0 Å². The number of hydrogen-bond donors (Lipinski definition) is 1. The molecule has 1 heterocycles. The smallest absolute Gasteiger partial charge is 0.247 e. The van der Waals surface area contributed by atoms with Gasteiger partial charge in [0.15, 0.2) is 5.17 Å². The van der Waals surface area contributed by atoms with Crippen LogP contribution in [-0.4, -0.2) is 41.3 Å². The first-order valence-corrected chi connectivity index (χ1v) is 8.49. The van der Waals surface area contributed by atoms with Crippen LogP contribution in [0.15, 0.2) is 29.3 Å². The summed E-state index contributed by atoms with van der Waals surface area (Å²) in [6, 6.07) is 5.49. The van der Waals surface area contributed by atoms with E-state index in [4.69, 9.17) is 0 Å². The van der Waals surface area contributed by atoms with E-state index >= 15 is 0 Å². The Kier molecular flexibility index (Phi) is 5.97. The Bertz CT molecular complexity index is 672. The number of benzene rings is 1. The van der Waals surface area contributed by atoms with Crippen LogP contribution in [0.3, 0.4) is 0 Å². The highest BCUT2D eigenvalue weighted by molar-refractivity contribution is 8.15. The lowest BCUT2D eigenvalue weighted by Gasteiger charge is -2.16. The summed E-state index contributed by atoms with van der Waals surface area (Å²) in [7, 11) is 0. The number of hydrogen-bond acceptors (Lipinski definition) is 6. The number of aromatic carboxylic acids is 1. The monoisotopic (exact) mass is 348 g/mol. The number of carbonyl (C=O) groups is 3. The maximum absolute atomic E-state index is 12.6. The van der Waals surface area contributed by atoms with E-state index in [1.807, 2.05) is 13.8 Å². The first kappa shape index (κ1) is 18.0. The molecule has 0 unspecified atom stereocenters. The Hall–Kier alpha value is -2.35. The second kappa shape index (κ2) is 7.96. The van der Waals surface area contributed by atoms with Crippen molar-refractivity contribution >= 4 is 40.4 Å². The van der Waals surface area contributed by atoms with Gasteiger partial charge in [0.2, 0.25) is 11.8 Å². The SMILES string of the molecule is CCN=C(NCC)S[C@H]1CC(=O)N(c2ccc(C(=O)[O-])cc2)C1=O. The van der Waals surface area contributed by atoms with Crippen LogP contribution in [0.5, 0.6) is 0 Å². The van der Waals surface area contributed by atoms with E-state index in [9.17, 15) is 19.5 Å². The summed E-state index contributed by atoms with van der Waals surface area (Å²) >= 11 is 1.24. The van der Waals surface area contributed by atoms with Crippen molar-refractivity contribution in [2.45, 2.75) is 25.5 Å². The van der Waals surface area contributed by atoms with Gasteiger partial charge in [-0.1, -0.05) is 23.9 Å². The molecule has 0 spiro atoms. The fourth-order valence-electron chi connectivity index (χ4n) is 2.28. The number of amidine groups is 1. The van der Waals surface area contributed by atoms with Crippen molar-refractivity contribution in [2.75, 3.05) is 18.0 Å². The predicted molar refractivity (Wildman–Crippen MR) is 90.9 cm³/mol. The first-order chi connectivity index (χ1) is 11.5. The number of nitrogens with zero attached hydrogens (tertiary/aromatic N) is 2. The minimum absolute atomic E-state index is 0.00622. The van der Waals surface area contributed by atoms with Gasteiger partial charge in [-0.15, -0.1) is 0 Å². The van der Waals surface area contributed by atoms with Crippen molar-refractivity contribution < 1.29 is 19.5 Å². The average molecular weight is 348 g/mol. The summed E-state index contributed by atoms with van der Waals surface area (Å²) < 4.78 is 0. The van der Waals surface area contributed by atoms with Gasteiger partial charge in [-0.25, -0.2) is 4.90 Å². The quantitative estimate of drug-likeness (QED) is 0.469. The number of anilines is 1. The summed E-state index contributed by atoms with van der Waals surface area (Å²) in [6.45, 7) is 5.08. The molecule has 1 aromatic carbocycles. The fourth-order valence-corrected chi connectivity index (χ4v) is 3.41. The second-order valence-electron chi connectivity index (χ2n) is 5.02. The predicted octanol–water partition coefficient (Wildman–Crippen LogP) is 0.401. The highest BCUT2D eigenvalue weighted by atomic mass is 32.2. The Labute approximate surface area is 144 Å². The lowest BCUT2D eigenvalue weighted by molar-refractivity contribution is -0.255. The van der Waals surface area contributed by atoms with Crippen LogP contribution >= 0.6 is 11.8 Å². The molecule has 1 aliphatic rings. The minimum atomic E-state index is -1.31. The van der Waals surface area contributed by atoms with Crippen LogP contribution in [-0.2, 0) is 9.59 Å². The van der Waals surface area contributed by atoms with Crippen molar-refractivity contribution in [1.82, 2.24) is 5.32 Å². The fraction of sp³-hybridized carbons (Fsp3) is 0.375. The molecule has 2 rings (SSSR count). The van der Waals surface area contributed by atoms with Crippen LogP contribution in [0.25, 0.3) is 0 Å². The molecule has 1 aromatic rings. The molecule has 0 bridgehead atoms. The molecule has 1 atom stereocenters. The molecule has 1 fully saturated rings. The van der Waals surface area contributed by atoms with Gasteiger partial charge in [0.1, 0.15) is 5.25 Å². The molecule has 1 aliphatic heterocycles. The molecule has 0 saturated carbocycles. The van der Waals surface area contributed by atoms with Crippen molar-refractivity contribution in [3.8, 4) is 0 Å². The number of carboxylic acid groups (broad SMARTS) is 1. The number of amides is 2. The summed E-state index contributed by atoms with van der Waals surface area (Å²) in [5.41, 5.74) is 0.351. The van der Waals surface area contributed by atoms with Crippen LogP contribution in [0, 0.1) is 0 Å². The molecular weight excluding hydrogens is 330 g/mol. The van der Waals surface area contributed by atoms with E-state index in [-0.39, 0.29) is 23.8 Å². The summed E-state index contributed by atoms with van der Waals surface area (Å²) in [4.78, 5) is 40.9. The number of thioether (sulfide) groups is 1. The lowest BCUT2D eigenvalue weighted by Crippen LogP contribution is -2.32. The summed E-state index contributed by atoms with van der Waals surface area (Å²) in [5, 5.41) is 14.0. The van der Waals surface area contributed by atoms with Gasteiger partial charge < -0.3 is 15.2 Å². The standard InChI is InChI=1S/C16H19N3O4S/c1-3-17-16(18-4-2)24-12-9-13(20)19(14(12)21)11-7-5-10(6-8-11)15(22)23/h5-8,12H,3-4,9H2,1-2H3,(H,17,18)(H,22,23)/p-1/t12-/m0/s1. The Morgan fingerprint density at radius 1 is 1.33 bits per heavy atom. The summed E-state index contributed by atoms with van der Waals surface area (Å²) in [5.74, 6) is -1.95. The molecule has 24 heavy (non-hydrogen) atoms. The number of carboxylic acids is 1. The number of aliphatic imine (C=N–C) groups is 1. The van der Waals surface area contributed by atoms with Crippen molar-refractivity contribution in [2.24, 2.45) is 4.99 Å². The molecule has 2 amide bonds. The van der Waals surface area contributed by atoms with E-state index in [1.165, 1.54) is 36.0 Å². The van der Waals surface area contributed by atoms with Crippen LogP contribution in [0.1, 0.15) is 30.6 Å². The van der Waals surface area contributed by atoms with Gasteiger partial charge in [-0.05, 0) is 31.5 Å². The molecule has 8 heteroatoms. The zero-order chi connectivity index (χ0) is 17.7. The number of imide groups is 1. The van der Waals surface area contributed by atoms with Gasteiger partial charge in [-0.2, -0.15) is 0 Å². The van der Waals surface area contributed by atoms with Crippen LogP contribution in [0.4, 0.5) is 5.69 Å². The lowest BCUT2D eigenvalue weighted by atomic mass is 10.2. The van der Waals surface area contributed by atoms with Gasteiger partial charge in [0, 0.05) is 19.5 Å². The second-order valence-corrected chi connectivity index (χ2v) is 6.21. The van der Waals surface area contributed by atoms with E-state index in [2.05, 4.69) is 10.3 Å². The first-order valence-electron chi connectivity index (χ1n) is 7.61. The third-order valence-corrected chi connectivity index (χ3v) is 4.50. The Morgan fingerprint density at radius 3 is 2.54 bits per heavy atom.